The number of carbonyl (C=O) groups is 1. The van der Waals surface area contributed by atoms with Crippen molar-refractivity contribution < 1.29 is 14.3 Å². The van der Waals surface area contributed by atoms with E-state index in [1.807, 2.05) is 76.2 Å². The lowest BCUT2D eigenvalue weighted by molar-refractivity contribution is 0.223. The molecule has 2 rings (SSSR count). The number of anilines is 1. The highest BCUT2D eigenvalue weighted by Gasteiger charge is 2.07. The summed E-state index contributed by atoms with van der Waals surface area (Å²) in [5.74, 6) is 2.24. The minimum Gasteiger partial charge on any atom is -0.497 e. The molecule has 0 aliphatic rings. The van der Waals surface area contributed by atoms with Crippen LogP contribution in [-0.4, -0.2) is 44.3 Å². The Labute approximate surface area is 213 Å². The molecule has 0 heterocycles. The van der Waals surface area contributed by atoms with Crippen LogP contribution in [0.25, 0.3) is 0 Å². The summed E-state index contributed by atoms with van der Waals surface area (Å²) in [5, 5.41) is 12.2. The number of nitrogens with zero attached hydrogens (tertiary/aromatic N) is 1. The van der Waals surface area contributed by atoms with Gasteiger partial charge < -0.3 is 30.7 Å². The van der Waals surface area contributed by atoms with Gasteiger partial charge in [-0.1, -0.05) is 18.2 Å². The van der Waals surface area contributed by atoms with Crippen LogP contribution in [-0.2, 0) is 6.54 Å². The summed E-state index contributed by atoms with van der Waals surface area (Å²) < 4.78 is 11.2. The van der Waals surface area contributed by atoms with Crippen LogP contribution in [0.5, 0.6) is 11.5 Å². The van der Waals surface area contributed by atoms with E-state index in [9.17, 15) is 4.79 Å². The number of aliphatic imine (C=N–C) groups is 1. The van der Waals surface area contributed by atoms with Gasteiger partial charge in [-0.2, -0.15) is 0 Å². The Balaban J connectivity index is 0.00000544. The zero-order chi connectivity index (χ0) is 23.3. The van der Waals surface area contributed by atoms with Crippen molar-refractivity contribution in [2.75, 3.05) is 25.5 Å². The standard InChI is InChI=1S/C24H35N5O3.HI/c1-6-25-23(26-15-18(4)32-22-9-7-8-21(14-22)31-5)27-16-19-10-12-20(13-11-19)29-24(30)28-17(2)3;/h7-14,17-18H,6,15-16H2,1-5H3,(H2,25,26,27)(H2,28,29,30);1H. The van der Waals surface area contributed by atoms with Crippen LogP contribution in [0.1, 0.15) is 33.3 Å². The highest BCUT2D eigenvalue weighted by Crippen LogP contribution is 2.19. The molecule has 0 aromatic heterocycles. The summed E-state index contributed by atoms with van der Waals surface area (Å²) in [4.78, 5) is 16.4. The first-order valence-electron chi connectivity index (χ1n) is 10.9. The second-order valence-corrected chi connectivity index (χ2v) is 7.63. The largest absolute Gasteiger partial charge is 0.497 e. The number of hydrogen-bond acceptors (Lipinski definition) is 4. The van der Waals surface area contributed by atoms with Crippen molar-refractivity contribution >= 4 is 41.7 Å². The molecule has 0 saturated heterocycles. The van der Waals surface area contributed by atoms with Gasteiger partial charge in [-0.3, -0.25) is 0 Å². The van der Waals surface area contributed by atoms with Crippen LogP contribution in [0.2, 0.25) is 0 Å². The molecule has 1 atom stereocenters. The number of halogens is 1. The van der Waals surface area contributed by atoms with Gasteiger partial charge in [0, 0.05) is 24.3 Å². The number of benzene rings is 2. The maximum atomic E-state index is 11.8. The fraction of sp³-hybridized carbons (Fsp3) is 0.417. The highest BCUT2D eigenvalue weighted by atomic mass is 127. The SMILES string of the molecule is CCNC(=NCc1ccc(NC(=O)NC(C)C)cc1)NCC(C)Oc1cccc(OC)c1.I. The van der Waals surface area contributed by atoms with Gasteiger partial charge in [-0.25, -0.2) is 9.79 Å². The van der Waals surface area contributed by atoms with Gasteiger partial charge in [0.25, 0.3) is 0 Å². The number of amides is 2. The Bertz CT molecular complexity index is 875. The molecule has 0 saturated carbocycles. The molecule has 4 N–H and O–H groups in total. The summed E-state index contributed by atoms with van der Waals surface area (Å²) >= 11 is 0. The zero-order valence-corrected chi connectivity index (χ0v) is 22.3. The van der Waals surface area contributed by atoms with E-state index in [2.05, 4.69) is 26.3 Å². The molecule has 0 aliphatic carbocycles. The predicted octanol–water partition coefficient (Wildman–Crippen LogP) is 4.37. The normalized spacial score (nSPS) is 11.8. The Morgan fingerprint density at radius 3 is 2.36 bits per heavy atom. The van der Waals surface area contributed by atoms with Crippen LogP contribution in [0.3, 0.4) is 0 Å². The number of methoxy groups -OCH3 is 1. The molecule has 2 aromatic carbocycles. The quantitative estimate of drug-likeness (QED) is 0.194. The molecule has 0 spiro atoms. The van der Waals surface area contributed by atoms with Crippen LogP contribution in [0, 0.1) is 0 Å². The Kier molecular flexibility index (Phi) is 13.1. The van der Waals surface area contributed by atoms with Gasteiger partial charge in [0.1, 0.15) is 17.6 Å². The second-order valence-electron chi connectivity index (χ2n) is 7.63. The van der Waals surface area contributed by atoms with Gasteiger partial charge in [-0.05, 0) is 57.5 Å². The summed E-state index contributed by atoms with van der Waals surface area (Å²) in [6.45, 7) is 9.72. The zero-order valence-electron chi connectivity index (χ0n) is 20.0. The number of carbonyl (C=O) groups excluding carboxylic acids is 1. The van der Waals surface area contributed by atoms with Crippen LogP contribution in [0.15, 0.2) is 53.5 Å². The van der Waals surface area contributed by atoms with Crippen molar-refractivity contribution in [3.8, 4) is 11.5 Å². The number of rotatable bonds is 10. The summed E-state index contributed by atoms with van der Waals surface area (Å²) in [6.07, 6.45) is -0.0618. The fourth-order valence-electron chi connectivity index (χ4n) is 2.82. The first kappa shape index (κ1) is 28.3. The minimum absolute atomic E-state index is 0. The van der Waals surface area contributed by atoms with Crippen molar-refractivity contribution in [2.45, 2.75) is 46.4 Å². The van der Waals surface area contributed by atoms with E-state index < -0.39 is 0 Å². The first-order valence-corrected chi connectivity index (χ1v) is 10.9. The van der Waals surface area contributed by atoms with E-state index in [0.717, 1.165) is 29.3 Å². The molecule has 1 unspecified atom stereocenters. The molecule has 0 fully saturated rings. The van der Waals surface area contributed by atoms with Crippen molar-refractivity contribution in [1.82, 2.24) is 16.0 Å². The summed E-state index contributed by atoms with van der Waals surface area (Å²) in [7, 11) is 1.64. The molecule has 9 heteroatoms. The molecule has 0 radical (unpaired) electrons. The van der Waals surface area contributed by atoms with E-state index in [4.69, 9.17) is 9.47 Å². The molecule has 0 aliphatic heterocycles. The molecule has 2 amide bonds. The fourth-order valence-corrected chi connectivity index (χ4v) is 2.82. The number of hydrogen-bond donors (Lipinski definition) is 4. The van der Waals surface area contributed by atoms with Crippen molar-refractivity contribution in [3.05, 3.63) is 54.1 Å². The van der Waals surface area contributed by atoms with Crippen molar-refractivity contribution in [1.29, 1.82) is 0 Å². The van der Waals surface area contributed by atoms with Gasteiger partial charge >= 0.3 is 6.03 Å². The highest BCUT2D eigenvalue weighted by molar-refractivity contribution is 14.0. The van der Waals surface area contributed by atoms with E-state index >= 15 is 0 Å². The lowest BCUT2D eigenvalue weighted by Gasteiger charge is -2.18. The van der Waals surface area contributed by atoms with Crippen LogP contribution in [0.4, 0.5) is 10.5 Å². The first-order chi connectivity index (χ1) is 15.4. The molecule has 182 valence electrons. The Morgan fingerprint density at radius 2 is 1.73 bits per heavy atom. The molecule has 8 nitrogen and oxygen atoms in total. The van der Waals surface area contributed by atoms with E-state index in [-0.39, 0.29) is 42.2 Å². The number of urea groups is 1. The third-order valence-corrected chi connectivity index (χ3v) is 4.33. The summed E-state index contributed by atoms with van der Waals surface area (Å²) in [5.41, 5.74) is 1.78. The number of nitrogens with one attached hydrogen (secondary N) is 4. The molecular weight excluding hydrogens is 533 g/mol. The van der Waals surface area contributed by atoms with E-state index in [1.54, 1.807) is 7.11 Å². The average molecular weight is 569 g/mol. The Morgan fingerprint density at radius 1 is 1.03 bits per heavy atom. The predicted molar refractivity (Wildman–Crippen MR) is 145 cm³/mol. The number of guanidine groups is 1. The Hall–Kier alpha value is -2.69. The third-order valence-electron chi connectivity index (χ3n) is 4.33. The lowest BCUT2D eigenvalue weighted by atomic mass is 10.2. The van der Waals surface area contributed by atoms with Crippen molar-refractivity contribution in [2.24, 2.45) is 4.99 Å². The topological polar surface area (TPSA) is 96.0 Å². The van der Waals surface area contributed by atoms with E-state index in [0.29, 0.717) is 19.0 Å². The molecular formula is C24H36IN5O3. The van der Waals surface area contributed by atoms with Crippen LogP contribution < -0.4 is 30.7 Å². The van der Waals surface area contributed by atoms with Gasteiger partial charge in [0.2, 0.25) is 0 Å². The van der Waals surface area contributed by atoms with Gasteiger partial charge in [-0.15, -0.1) is 24.0 Å². The monoisotopic (exact) mass is 569 g/mol. The molecule has 2 aromatic rings. The minimum atomic E-state index is -0.213. The molecule has 0 bridgehead atoms. The lowest BCUT2D eigenvalue weighted by Crippen LogP contribution is -2.41. The average Bonchev–Trinajstić information content (AvgIpc) is 2.76. The van der Waals surface area contributed by atoms with Crippen LogP contribution >= 0.6 is 24.0 Å². The third kappa shape index (κ3) is 11.1. The van der Waals surface area contributed by atoms with Gasteiger partial charge in [0.05, 0.1) is 20.2 Å². The summed E-state index contributed by atoms with van der Waals surface area (Å²) in [6, 6.07) is 15.1. The van der Waals surface area contributed by atoms with E-state index in [1.165, 1.54) is 0 Å². The number of ether oxygens (including phenoxy) is 2. The molecule has 33 heavy (non-hydrogen) atoms. The smallest absolute Gasteiger partial charge is 0.319 e. The maximum Gasteiger partial charge on any atom is 0.319 e. The van der Waals surface area contributed by atoms with Crippen molar-refractivity contribution in [3.63, 3.8) is 0 Å². The maximum absolute atomic E-state index is 11.8. The van der Waals surface area contributed by atoms with Gasteiger partial charge in [0.15, 0.2) is 5.96 Å². The second kappa shape index (κ2) is 15.2.